The zero-order chi connectivity index (χ0) is 17.8. The maximum atomic E-state index is 14.0. The van der Waals surface area contributed by atoms with Gasteiger partial charge in [-0.3, -0.25) is 0 Å². The standard InChI is InChI=1S/C22H30F2O/c1-3-5-15-6-8-16(9-7-15)22-11-10-17(14-25-22)18-12-20(23)19(4-2)21(24)13-18/h4,12-13,15-17,22H,2-3,5-11,14H2,1H3. The van der Waals surface area contributed by atoms with Gasteiger partial charge in [-0.2, -0.15) is 0 Å². The molecule has 1 aliphatic heterocycles. The summed E-state index contributed by atoms with van der Waals surface area (Å²) in [4.78, 5) is 0. The average molecular weight is 348 g/mol. The summed E-state index contributed by atoms with van der Waals surface area (Å²) < 4.78 is 34.1. The normalized spacial score (nSPS) is 30.2. The Morgan fingerprint density at radius 1 is 1.08 bits per heavy atom. The van der Waals surface area contributed by atoms with Gasteiger partial charge in [0.2, 0.25) is 0 Å². The van der Waals surface area contributed by atoms with Gasteiger partial charge in [0.25, 0.3) is 0 Å². The highest BCUT2D eigenvalue weighted by atomic mass is 19.1. The molecule has 2 fully saturated rings. The van der Waals surface area contributed by atoms with Crippen molar-refractivity contribution in [3.05, 3.63) is 41.5 Å². The van der Waals surface area contributed by atoms with Crippen molar-refractivity contribution in [2.75, 3.05) is 6.61 Å². The van der Waals surface area contributed by atoms with E-state index in [2.05, 4.69) is 13.5 Å². The molecule has 0 N–H and O–H groups in total. The second-order valence-corrected chi connectivity index (χ2v) is 7.82. The molecule has 0 radical (unpaired) electrons. The molecule has 1 aromatic rings. The van der Waals surface area contributed by atoms with E-state index in [1.165, 1.54) is 56.7 Å². The monoisotopic (exact) mass is 348 g/mol. The molecule has 1 nitrogen and oxygen atoms in total. The van der Waals surface area contributed by atoms with Gasteiger partial charge in [-0.1, -0.05) is 45.3 Å². The topological polar surface area (TPSA) is 9.23 Å². The molecule has 2 unspecified atom stereocenters. The van der Waals surface area contributed by atoms with Gasteiger partial charge in [-0.05, 0) is 55.2 Å². The lowest BCUT2D eigenvalue weighted by Crippen LogP contribution is -2.33. The third-order valence-electron chi connectivity index (χ3n) is 6.20. The highest BCUT2D eigenvalue weighted by Gasteiger charge is 2.32. The van der Waals surface area contributed by atoms with Crippen LogP contribution in [0.5, 0.6) is 0 Å². The first-order chi connectivity index (χ1) is 12.1. The van der Waals surface area contributed by atoms with E-state index < -0.39 is 11.6 Å². The molecule has 0 spiro atoms. The fourth-order valence-corrected chi connectivity index (χ4v) is 4.70. The van der Waals surface area contributed by atoms with Crippen LogP contribution in [0.15, 0.2) is 18.7 Å². The van der Waals surface area contributed by atoms with Crippen molar-refractivity contribution in [3.63, 3.8) is 0 Å². The second kappa shape index (κ2) is 8.44. The van der Waals surface area contributed by atoms with Crippen LogP contribution in [0.2, 0.25) is 0 Å². The van der Waals surface area contributed by atoms with Gasteiger partial charge in [-0.25, -0.2) is 8.78 Å². The quantitative estimate of drug-likeness (QED) is 0.592. The van der Waals surface area contributed by atoms with E-state index in [1.807, 2.05) is 0 Å². The van der Waals surface area contributed by atoms with Crippen molar-refractivity contribution >= 4 is 6.08 Å². The number of benzene rings is 1. The number of hydrogen-bond acceptors (Lipinski definition) is 1. The maximum absolute atomic E-state index is 14.0. The summed E-state index contributed by atoms with van der Waals surface area (Å²) >= 11 is 0. The molecule has 1 aromatic carbocycles. The zero-order valence-electron chi connectivity index (χ0n) is 15.3. The minimum atomic E-state index is -0.527. The summed E-state index contributed by atoms with van der Waals surface area (Å²) in [5.74, 6) is 0.621. The van der Waals surface area contributed by atoms with E-state index in [-0.39, 0.29) is 11.5 Å². The molecule has 1 saturated heterocycles. The minimum Gasteiger partial charge on any atom is -0.377 e. The lowest BCUT2D eigenvalue weighted by molar-refractivity contribution is -0.0436. The minimum absolute atomic E-state index is 0.0396. The molecule has 1 heterocycles. The smallest absolute Gasteiger partial charge is 0.133 e. The third-order valence-corrected chi connectivity index (χ3v) is 6.20. The summed E-state index contributed by atoms with van der Waals surface area (Å²) in [7, 11) is 0. The van der Waals surface area contributed by atoms with Gasteiger partial charge < -0.3 is 4.74 Å². The Kier molecular flexibility index (Phi) is 6.27. The fourth-order valence-electron chi connectivity index (χ4n) is 4.70. The lowest BCUT2D eigenvalue weighted by atomic mass is 9.75. The first-order valence-corrected chi connectivity index (χ1v) is 9.85. The van der Waals surface area contributed by atoms with E-state index in [0.717, 1.165) is 18.8 Å². The Labute approximate surface area is 150 Å². The molecular formula is C22H30F2O. The predicted octanol–water partition coefficient (Wildman–Crippen LogP) is 6.48. The third kappa shape index (κ3) is 4.31. The summed E-state index contributed by atoms with van der Waals surface area (Å²) in [6, 6.07) is 2.90. The Balaban J connectivity index is 1.55. The van der Waals surface area contributed by atoms with Crippen LogP contribution in [0, 0.1) is 23.5 Å². The van der Waals surface area contributed by atoms with Gasteiger partial charge in [0, 0.05) is 11.5 Å². The van der Waals surface area contributed by atoms with E-state index in [1.54, 1.807) is 0 Å². The Morgan fingerprint density at radius 2 is 1.76 bits per heavy atom. The number of rotatable bonds is 5. The van der Waals surface area contributed by atoms with Crippen LogP contribution >= 0.6 is 0 Å². The molecule has 1 saturated carbocycles. The van der Waals surface area contributed by atoms with Crippen LogP contribution in [0.4, 0.5) is 8.78 Å². The number of halogens is 2. The van der Waals surface area contributed by atoms with Gasteiger partial charge in [0.1, 0.15) is 11.6 Å². The van der Waals surface area contributed by atoms with Crippen molar-refractivity contribution in [2.45, 2.75) is 70.3 Å². The van der Waals surface area contributed by atoms with E-state index in [4.69, 9.17) is 4.74 Å². The van der Waals surface area contributed by atoms with E-state index in [9.17, 15) is 8.78 Å². The Hall–Kier alpha value is -1.22. The van der Waals surface area contributed by atoms with Crippen LogP contribution < -0.4 is 0 Å². The van der Waals surface area contributed by atoms with Crippen LogP contribution in [0.3, 0.4) is 0 Å². The molecule has 3 rings (SSSR count). The molecule has 2 aliphatic rings. The van der Waals surface area contributed by atoms with E-state index in [0.29, 0.717) is 24.2 Å². The van der Waals surface area contributed by atoms with Crippen LogP contribution in [-0.4, -0.2) is 12.7 Å². The van der Waals surface area contributed by atoms with Crippen LogP contribution in [0.1, 0.15) is 75.3 Å². The SMILES string of the molecule is C=Cc1c(F)cc(C2CCC(C3CCC(CCC)CC3)OC2)cc1F. The van der Waals surface area contributed by atoms with Crippen molar-refractivity contribution in [2.24, 2.45) is 11.8 Å². The molecule has 0 aromatic heterocycles. The predicted molar refractivity (Wildman–Crippen MR) is 98.5 cm³/mol. The summed E-state index contributed by atoms with van der Waals surface area (Å²) in [5.41, 5.74) is 0.674. The molecule has 138 valence electrons. The lowest BCUT2D eigenvalue weighted by Gasteiger charge is -2.38. The number of ether oxygens (including phenoxy) is 1. The molecule has 25 heavy (non-hydrogen) atoms. The average Bonchev–Trinajstić information content (AvgIpc) is 2.62. The van der Waals surface area contributed by atoms with Gasteiger partial charge in [0.15, 0.2) is 0 Å². The number of hydrogen-bond donors (Lipinski definition) is 0. The largest absolute Gasteiger partial charge is 0.377 e. The summed E-state index contributed by atoms with van der Waals surface area (Å²) in [6.07, 6.45) is 11.4. The van der Waals surface area contributed by atoms with E-state index >= 15 is 0 Å². The molecular weight excluding hydrogens is 318 g/mol. The van der Waals surface area contributed by atoms with Crippen LogP contribution in [0.25, 0.3) is 6.08 Å². The highest BCUT2D eigenvalue weighted by Crippen LogP contribution is 2.39. The second-order valence-electron chi connectivity index (χ2n) is 7.82. The van der Waals surface area contributed by atoms with Crippen LogP contribution in [-0.2, 0) is 4.74 Å². The molecule has 0 amide bonds. The molecule has 1 aliphatic carbocycles. The molecule has 0 bridgehead atoms. The molecule has 2 atom stereocenters. The first-order valence-electron chi connectivity index (χ1n) is 9.85. The van der Waals surface area contributed by atoms with Crippen molar-refractivity contribution < 1.29 is 13.5 Å². The zero-order valence-corrected chi connectivity index (χ0v) is 15.3. The van der Waals surface area contributed by atoms with Crippen molar-refractivity contribution in [1.82, 2.24) is 0 Å². The van der Waals surface area contributed by atoms with Gasteiger partial charge >= 0.3 is 0 Å². The molecule has 3 heteroatoms. The summed E-state index contributed by atoms with van der Waals surface area (Å²) in [5, 5.41) is 0. The highest BCUT2D eigenvalue weighted by molar-refractivity contribution is 5.49. The van der Waals surface area contributed by atoms with Crippen molar-refractivity contribution in [1.29, 1.82) is 0 Å². The maximum Gasteiger partial charge on any atom is 0.133 e. The van der Waals surface area contributed by atoms with Crippen molar-refractivity contribution in [3.8, 4) is 0 Å². The summed E-state index contributed by atoms with van der Waals surface area (Å²) in [6.45, 7) is 6.31. The first kappa shape index (κ1) is 18.6. The Bertz CT molecular complexity index is 559. The van der Waals surface area contributed by atoms with Gasteiger partial charge in [-0.15, -0.1) is 0 Å². The Morgan fingerprint density at radius 3 is 2.28 bits per heavy atom. The fraction of sp³-hybridized carbons (Fsp3) is 0.636. The van der Waals surface area contributed by atoms with Gasteiger partial charge in [0.05, 0.1) is 12.7 Å².